The van der Waals surface area contributed by atoms with E-state index in [0.29, 0.717) is 23.5 Å². The largest absolute Gasteiger partial charge is 0.346 e. The minimum absolute atomic E-state index is 0.177. The zero-order valence-corrected chi connectivity index (χ0v) is 16.2. The summed E-state index contributed by atoms with van der Waals surface area (Å²) in [6.45, 7) is 9.53. The van der Waals surface area contributed by atoms with Gasteiger partial charge in [0, 0.05) is 11.7 Å². The molecule has 0 atom stereocenters. The zero-order valence-electron chi connectivity index (χ0n) is 16.2. The molecule has 144 valence electrons. The second-order valence-corrected chi connectivity index (χ2v) is 6.73. The van der Waals surface area contributed by atoms with Gasteiger partial charge in [-0.05, 0) is 40.2 Å². The zero-order chi connectivity index (χ0) is 20.1. The van der Waals surface area contributed by atoms with Crippen LogP contribution in [0.3, 0.4) is 0 Å². The molecule has 0 spiro atoms. The maximum absolute atomic E-state index is 12.4. The SMILES string of the molecule is Cc1ccc(Cn2nc(C)c(C(=O)NNC(=O)C(=O)NC(C)C)c2C)cc1. The standard InChI is InChI=1S/C19H25N5O3/c1-11(2)20-18(26)19(27)22-21-17(25)16-13(4)23-24(14(16)5)10-15-8-6-12(3)7-9-15/h6-9,11H,10H2,1-5H3,(H,20,26)(H,21,25)(H,22,27). The number of carbonyl (C=O) groups excluding carboxylic acids is 3. The first kappa shape index (κ1) is 20.2. The number of hydrogen-bond donors (Lipinski definition) is 3. The Labute approximate surface area is 158 Å². The summed E-state index contributed by atoms with van der Waals surface area (Å²) in [5.74, 6) is -2.26. The van der Waals surface area contributed by atoms with Gasteiger partial charge in [-0.1, -0.05) is 29.8 Å². The van der Waals surface area contributed by atoms with E-state index >= 15 is 0 Å². The molecule has 8 heteroatoms. The first-order chi connectivity index (χ1) is 12.7. The lowest BCUT2D eigenvalue weighted by atomic mass is 10.1. The van der Waals surface area contributed by atoms with Crippen LogP contribution in [0.4, 0.5) is 0 Å². The van der Waals surface area contributed by atoms with Gasteiger partial charge in [-0.2, -0.15) is 5.10 Å². The number of nitrogens with one attached hydrogen (secondary N) is 3. The highest BCUT2D eigenvalue weighted by atomic mass is 16.2. The normalized spacial score (nSPS) is 10.6. The highest BCUT2D eigenvalue weighted by Gasteiger charge is 2.21. The van der Waals surface area contributed by atoms with Crippen LogP contribution >= 0.6 is 0 Å². The maximum atomic E-state index is 12.4. The minimum atomic E-state index is -0.931. The predicted molar refractivity (Wildman–Crippen MR) is 101 cm³/mol. The fraction of sp³-hybridized carbons (Fsp3) is 0.368. The van der Waals surface area contributed by atoms with Crippen LogP contribution in [0.1, 0.15) is 46.7 Å². The van der Waals surface area contributed by atoms with Crippen molar-refractivity contribution in [2.75, 3.05) is 0 Å². The van der Waals surface area contributed by atoms with Crippen LogP contribution in [-0.2, 0) is 16.1 Å². The van der Waals surface area contributed by atoms with Crippen molar-refractivity contribution in [1.29, 1.82) is 0 Å². The van der Waals surface area contributed by atoms with Gasteiger partial charge >= 0.3 is 11.8 Å². The third-order valence-corrected chi connectivity index (χ3v) is 3.98. The predicted octanol–water partition coefficient (Wildman–Crippen LogP) is 1.14. The molecule has 8 nitrogen and oxygen atoms in total. The Morgan fingerprint density at radius 2 is 1.63 bits per heavy atom. The summed E-state index contributed by atoms with van der Waals surface area (Å²) in [4.78, 5) is 35.7. The molecule has 0 saturated carbocycles. The van der Waals surface area contributed by atoms with E-state index < -0.39 is 17.7 Å². The maximum Gasteiger partial charge on any atom is 0.327 e. The van der Waals surface area contributed by atoms with E-state index in [1.54, 1.807) is 32.4 Å². The number of hydrogen-bond acceptors (Lipinski definition) is 4. The molecule has 3 amide bonds. The van der Waals surface area contributed by atoms with Crippen molar-refractivity contribution in [2.24, 2.45) is 0 Å². The Kier molecular flexibility index (Phi) is 6.33. The van der Waals surface area contributed by atoms with Gasteiger partial charge in [0.2, 0.25) is 0 Å². The van der Waals surface area contributed by atoms with Crippen molar-refractivity contribution in [3.63, 3.8) is 0 Å². The summed E-state index contributed by atoms with van der Waals surface area (Å²) in [5, 5.41) is 6.86. The Bertz CT molecular complexity index is 853. The fourth-order valence-corrected chi connectivity index (χ4v) is 2.61. The van der Waals surface area contributed by atoms with E-state index in [9.17, 15) is 14.4 Å². The van der Waals surface area contributed by atoms with Crippen LogP contribution in [0.2, 0.25) is 0 Å². The van der Waals surface area contributed by atoms with Gasteiger partial charge in [-0.25, -0.2) is 0 Å². The van der Waals surface area contributed by atoms with E-state index in [-0.39, 0.29) is 6.04 Å². The number of rotatable bonds is 4. The van der Waals surface area contributed by atoms with Gasteiger partial charge in [0.15, 0.2) is 0 Å². The first-order valence-corrected chi connectivity index (χ1v) is 8.69. The van der Waals surface area contributed by atoms with E-state index in [1.165, 1.54) is 5.56 Å². The lowest BCUT2D eigenvalue weighted by molar-refractivity contribution is -0.139. The highest BCUT2D eigenvalue weighted by molar-refractivity contribution is 6.35. The van der Waals surface area contributed by atoms with Gasteiger partial charge in [0.05, 0.1) is 17.8 Å². The summed E-state index contributed by atoms with van der Waals surface area (Å²) in [5.41, 5.74) is 8.20. The van der Waals surface area contributed by atoms with E-state index in [1.807, 2.05) is 31.2 Å². The number of aryl methyl sites for hydroxylation is 2. The molecule has 0 aliphatic heterocycles. The van der Waals surface area contributed by atoms with Crippen molar-refractivity contribution >= 4 is 17.7 Å². The van der Waals surface area contributed by atoms with Crippen LogP contribution in [-0.4, -0.2) is 33.5 Å². The van der Waals surface area contributed by atoms with E-state index in [0.717, 1.165) is 5.56 Å². The molecule has 2 aromatic rings. The van der Waals surface area contributed by atoms with Gasteiger partial charge in [0.1, 0.15) is 0 Å². The van der Waals surface area contributed by atoms with Crippen LogP contribution in [0.15, 0.2) is 24.3 Å². The molecule has 2 rings (SSSR count). The third kappa shape index (κ3) is 5.16. The smallest absolute Gasteiger partial charge is 0.327 e. The molecule has 3 N–H and O–H groups in total. The topological polar surface area (TPSA) is 105 Å². The van der Waals surface area contributed by atoms with E-state index in [2.05, 4.69) is 21.3 Å². The number of aromatic nitrogens is 2. The van der Waals surface area contributed by atoms with Crippen molar-refractivity contribution in [2.45, 2.75) is 47.2 Å². The van der Waals surface area contributed by atoms with Gasteiger partial charge in [-0.3, -0.25) is 29.9 Å². The van der Waals surface area contributed by atoms with Crippen LogP contribution < -0.4 is 16.2 Å². The molecule has 1 aromatic carbocycles. The molecule has 0 fully saturated rings. The summed E-state index contributed by atoms with van der Waals surface area (Å²) in [6, 6.07) is 7.89. The Hall–Kier alpha value is -3.16. The molecular weight excluding hydrogens is 346 g/mol. The summed E-state index contributed by atoms with van der Waals surface area (Å²) in [6.07, 6.45) is 0. The van der Waals surface area contributed by atoms with Crippen molar-refractivity contribution < 1.29 is 14.4 Å². The molecule has 0 saturated heterocycles. The summed E-state index contributed by atoms with van der Waals surface area (Å²) >= 11 is 0. The van der Waals surface area contributed by atoms with Gasteiger partial charge < -0.3 is 5.32 Å². The lowest BCUT2D eigenvalue weighted by Gasteiger charge is -2.10. The summed E-state index contributed by atoms with van der Waals surface area (Å²) in [7, 11) is 0. The Balaban J connectivity index is 2.06. The molecule has 0 unspecified atom stereocenters. The van der Waals surface area contributed by atoms with Gasteiger partial charge in [-0.15, -0.1) is 0 Å². The highest BCUT2D eigenvalue weighted by Crippen LogP contribution is 2.15. The fourth-order valence-electron chi connectivity index (χ4n) is 2.61. The Morgan fingerprint density at radius 3 is 2.22 bits per heavy atom. The first-order valence-electron chi connectivity index (χ1n) is 8.69. The average molecular weight is 371 g/mol. The second-order valence-electron chi connectivity index (χ2n) is 6.73. The molecule has 0 aliphatic carbocycles. The summed E-state index contributed by atoms with van der Waals surface area (Å²) < 4.78 is 1.74. The molecule has 27 heavy (non-hydrogen) atoms. The van der Waals surface area contributed by atoms with Crippen molar-refractivity contribution in [3.05, 3.63) is 52.3 Å². The second kappa shape index (κ2) is 8.48. The minimum Gasteiger partial charge on any atom is -0.346 e. The Morgan fingerprint density at radius 1 is 1.00 bits per heavy atom. The quantitative estimate of drug-likeness (QED) is 0.554. The van der Waals surface area contributed by atoms with E-state index in [4.69, 9.17) is 0 Å². The molecule has 0 radical (unpaired) electrons. The van der Waals surface area contributed by atoms with Gasteiger partial charge in [0.25, 0.3) is 5.91 Å². The third-order valence-electron chi connectivity index (χ3n) is 3.98. The van der Waals surface area contributed by atoms with Crippen LogP contribution in [0.25, 0.3) is 0 Å². The molecule has 0 bridgehead atoms. The monoisotopic (exact) mass is 371 g/mol. The van der Waals surface area contributed by atoms with Crippen molar-refractivity contribution in [1.82, 2.24) is 25.9 Å². The lowest BCUT2D eigenvalue weighted by Crippen LogP contribution is -2.49. The van der Waals surface area contributed by atoms with Crippen LogP contribution in [0.5, 0.6) is 0 Å². The number of amides is 3. The van der Waals surface area contributed by atoms with Crippen molar-refractivity contribution in [3.8, 4) is 0 Å². The molecule has 1 heterocycles. The molecular formula is C19H25N5O3. The number of nitrogens with zero attached hydrogens (tertiary/aromatic N) is 2. The average Bonchev–Trinajstić information content (AvgIpc) is 2.87. The number of hydrazine groups is 1. The number of benzene rings is 1. The molecule has 1 aromatic heterocycles. The molecule has 0 aliphatic rings. The number of carbonyl (C=O) groups is 3. The van der Waals surface area contributed by atoms with Crippen LogP contribution in [0, 0.1) is 20.8 Å².